The first-order chi connectivity index (χ1) is 9.69. The fourth-order valence-corrected chi connectivity index (χ4v) is 2.13. The van der Waals surface area contributed by atoms with Crippen molar-refractivity contribution in [2.24, 2.45) is 0 Å². The molecule has 2 rings (SSSR count). The second kappa shape index (κ2) is 7.18. The molecule has 0 saturated heterocycles. The van der Waals surface area contributed by atoms with Crippen LogP contribution in [-0.2, 0) is 0 Å². The third kappa shape index (κ3) is 4.16. The summed E-state index contributed by atoms with van der Waals surface area (Å²) < 4.78 is 6.61. The van der Waals surface area contributed by atoms with Crippen LogP contribution in [0.1, 0.15) is 5.56 Å². The van der Waals surface area contributed by atoms with Crippen LogP contribution in [0, 0.1) is 11.3 Å². The van der Waals surface area contributed by atoms with E-state index < -0.39 is 0 Å². The number of nitrogens with one attached hydrogen (secondary N) is 1. The summed E-state index contributed by atoms with van der Waals surface area (Å²) in [4.78, 5) is 0. The van der Waals surface area contributed by atoms with Crippen LogP contribution in [0.5, 0.6) is 5.75 Å². The molecule has 0 fully saturated rings. The predicted octanol–water partition coefficient (Wildman–Crippen LogP) is 4.47. The first-order valence-electron chi connectivity index (χ1n) is 6.01. The quantitative estimate of drug-likeness (QED) is 0.809. The number of nitrogens with zero attached hydrogens (tertiary/aromatic N) is 1. The molecule has 0 bridgehead atoms. The summed E-state index contributed by atoms with van der Waals surface area (Å²) in [6, 6.07) is 14.9. The number of nitriles is 1. The Morgan fingerprint density at radius 2 is 1.95 bits per heavy atom. The van der Waals surface area contributed by atoms with Crippen LogP contribution in [0.3, 0.4) is 0 Å². The predicted molar refractivity (Wildman–Crippen MR) is 84.3 cm³/mol. The zero-order valence-corrected chi connectivity index (χ0v) is 12.9. The molecule has 0 aliphatic heterocycles. The Morgan fingerprint density at radius 1 is 1.20 bits per heavy atom. The van der Waals surface area contributed by atoms with Gasteiger partial charge in [-0.3, -0.25) is 0 Å². The number of benzene rings is 2. The van der Waals surface area contributed by atoms with Crippen molar-refractivity contribution in [3.8, 4) is 11.8 Å². The van der Waals surface area contributed by atoms with Gasteiger partial charge in [0, 0.05) is 11.0 Å². The van der Waals surface area contributed by atoms with E-state index in [2.05, 4.69) is 21.2 Å². The summed E-state index contributed by atoms with van der Waals surface area (Å²) in [6.45, 7) is 1.15. The van der Waals surface area contributed by atoms with E-state index in [1.54, 1.807) is 18.2 Å². The van der Waals surface area contributed by atoms with E-state index in [0.29, 0.717) is 23.7 Å². The molecular formula is C15H12BrClN2O. The van der Waals surface area contributed by atoms with Crippen LogP contribution < -0.4 is 10.1 Å². The molecule has 0 aliphatic carbocycles. The van der Waals surface area contributed by atoms with Gasteiger partial charge in [0.15, 0.2) is 0 Å². The number of ether oxygens (including phenoxy) is 1. The van der Waals surface area contributed by atoms with Gasteiger partial charge in [0.1, 0.15) is 12.4 Å². The summed E-state index contributed by atoms with van der Waals surface area (Å²) in [5, 5.41) is 12.5. The van der Waals surface area contributed by atoms with Gasteiger partial charge < -0.3 is 10.1 Å². The molecule has 20 heavy (non-hydrogen) atoms. The third-order valence-electron chi connectivity index (χ3n) is 2.60. The Balaban J connectivity index is 1.81. The highest BCUT2D eigenvalue weighted by atomic mass is 79.9. The van der Waals surface area contributed by atoms with Crippen molar-refractivity contribution in [2.75, 3.05) is 18.5 Å². The largest absolute Gasteiger partial charge is 0.492 e. The first kappa shape index (κ1) is 14.7. The van der Waals surface area contributed by atoms with Crippen molar-refractivity contribution in [1.29, 1.82) is 5.26 Å². The van der Waals surface area contributed by atoms with Crippen molar-refractivity contribution in [3.05, 3.63) is 57.5 Å². The maximum Gasteiger partial charge on any atom is 0.119 e. The minimum atomic E-state index is 0.526. The lowest BCUT2D eigenvalue weighted by Crippen LogP contribution is -2.11. The SMILES string of the molecule is N#Cc1ccc(NCCOc2ccc(Br)cc2)c(Cl)c1. The second-order valence-corrected chi connectivity index (χ2v) is 5.36. The molecular weight excluding hydrogens is 340 g/mol. The van der Waals surface area contributed by atoms with E-state index in [-0.39, 0.29) is 0 Å². The van der Waals surface area contributed by atoms with Crippen LogP contribution in [0.4, 0.5) is 5.69 Å². The fourth-order valence-electron chi connectivity index (χ4n) is 1.61. The molecule has 0 aromatic heterocycles. The second-order valence-electron chi connectivity index (χ2n) is 4.04. The lowest BCUT2D eigenvalue weighted by molar-refractivity contribution is 0.333. The van der Waals surface area contributed by atoms with E-state index in [9.17, 15) is 0 Å². The highest BCUT2D eigenvalue weighted by Gasteiger charge is 2.01. The van der Waals surface area contributed by atoms with Crippen LogP contribution in [-0.4, -0.2) is 13.2 Å². The molecule has 1 N–H and O–H groups in total. The van der Waals surface area contributed by atoms with Crippen molar-refractivity contribution >= 4 is 33.2 Å². The number of halogens is 2. The summed E-state index contributed by atoms with van der Waals surface area (Å²) in [7, 11) is 0. The normalized spacial score (nSPS) is 9.85. The van der Waals surface area contributed by atoms with E-state index in [1.807, 2.05) is 30.3 Å². The van der Waals surface area contributed by atoms with Gasteiger partial charge in [-0.05, 0) is 42.5 Å². The van der Waals surface area contributed by atoms with Crippen molar-refractivity contribution < 1.29 is 4.74 Å². The van der Waals surface area contributed by atoms with Gasteiger partial charge in [-0.2, -0.15) is 5.26 Å². The molecule has 0 saturated carbocycles. The maximum absolute atomic E-state index is 8.76. The zero-order valence-electron chi connectivity index (χ0n) is 10.6. The Hall–Kier alpha value is -1.70. The highest BCUT2D eigenvalue weighted by Crippen LogP contribution is 2.22. The molecule has 0 aliphatic rings. The molecule has 0 spiro atoms. The molecule has 2 aromatic carbocycles. The Labute approximate surface area is 131 Å². The van der Waals surface area contributed by atoms with Gasteiger partial charge >= 0.3 is 0 Å². The first-order valence-corrected chi connectivity index (χ1v) is 7.18. The topological polar surface area (TPSA) is 45.0 Å². The van der Waals surface area contributed by atoms with E-state index in [0.717, 1.165) is 15.9 Å². The molecule has 2 aromatic rings. The smallest absolute Gasteiger partial charge is 0.119 e. The van der Waals surface area contributed by atoms with Gasteiger partial charge in [0.25, 0.3) is 0 Å². The molecule has 3 nitrogen and oxygen atoms in total. The number of anilines is 1. The van der Waals surface area contributed by atoms with Crippen LogP contribution in [0.2, 0.25) is 5.02 Å². The number of hydrogen-bond acceptors (Lipinski definition) is 3. The molecule has 0 radical (unpaired) electrons. The van der Waals surface area contributed by atoms with E-state index >= 15 is 0 Å². The average Bonchev–Trinajstić information content (AvgIpc) is 2.46. The van der Waals surface area contributed by atoms with Gasteiger partial charge in [-0.15, -0.1) is 0 Å². The number of rotatable bonds is 5. The van der Waals surface area contributed by atoms with Crippen LogP contribution >= 0.6 is 27.5 Å². The van der Waals surface area contributed by atoms with Crippen molar-refractivity contribution in [3.63, 3.8) is 0 Å². The Morgan fingerprint density at radius 3 is 2.60 bits per heavy atom. The summed E-state index contributed by atoms with van der Waals surface area (Å²) >= 11 is 9.43. The Kier molecular flexibility index (Phi) is 5.28. The highest BCUT2D eigenvalue weighted by molar-refractivity contribution is 9.10. The van der Waals surface area contributed by atoms with Gasteiger partial charge in [0.05, 0.1) is 22.3 Å². The van der Waals surface area contributed by atoms with Crippen molar-refractivity contribution in [1.82, 2.24) is 0 Å². The van der Waals surface area contributed by atoms with E-state index in [4.69, 9.17) is 21.6 Å². The minimum absolute atomic E-state index is 0.526. The molecule has 0 heterocycles. The standard InChI is InChI=1S/C15H12BrClN2O/c16-12-2-4-13(5-3-12)20-8-7-19-15-6-1-11(10-18)9-14(15)17/h1-6,9,19H,7-8H2. The lowest BCUT2D eigenvalue weighted by Gasteiger charge is -2.10. The van der Waals surface area contributed by atoms with Crippen molar-refractivity contribution in [2.45, 2.75) is 0 Å². The Bertz CT molecular complexity index is 623. The monoisotopic (exact) mass is 350 g/mol. The minimum Gasteiger partial charge on any atom is -0.492 e. The van der Waals surface area contributed by atoms with Gasteiger partial charge in [-0.25, -0.2) is 0 Å². The summed E-state index contributed by atoms with van der Waals surface area (Å²) in [6.07, 6.45) is 0. The van der Waals surface area contributed by atoms with Gasteiger partial charge in [0.2, 0.25) is 0 Å². The number of hydrogen-bond donors (Lipinski definition) is 1. The molecule has 0 atom stereocenters. The maximum atomic E-state index is 8.76. The van der Waals surface area contributed by atoms with Gasteiger partial charge in [-0.1, -0.05) is 27.5 Å². The van der Waals surface area contributed by atoms with Crippen LogP contribution in [0.25, 0.3) is 0 Å². The zero-order chi connectivity index (χ0) is 14.4. The summed E-state index contributed by atoms with van der Waals surface area (Å²) in [5.41, 5.74) is 1.34. The molecule has 0 amide bonds. The summed E-state index contributed by atoms with van der Waals surface area (Å²) in [5.74, 6) is 0.820. The van der Waals surface area contributed by atoms with E-state index in [1.165, 1.54) is 0 Å². The molecule has 0 unspecified atom stereocenters. The molecule has 5 heteroatoms. The third-order valence-corrected chi connectivity index (χ3v) is 3.44. The van der Waals surface area contributed by atoms with Crippen LogP contribution in [0.15, 0.2) is 46.9 Å². The average molecular weight is 352 g/mol. The lowest BCUT2D eigenvalue weighted by atomic mass is 10.2. The molecule has 102 valence electrons. The fraction of sp³-hybridized carbons (Fsp3) is 0.133.